The third-order valence-corrected chi connectivity index (χ3v) is 6.69. The van der Waals surface area contributed by atoms with Gasteiger partial charge >= 0.3 is 23.8 Å². The molecule has 0 aliphatic heterocycles. The Kier molecular flexibility index (Phi) is 7.89. The van der Waals surface area contributed by atoms with Crippen molar-refractivity contribution in [3.8, 4) is 0 Å². The van der Waals surface area contributed by atoms with E-state index in [4.69, 9.17) is 9.15 Å². The topological polar surface area (TPSA) is 149 Å². The van der Waals surface area contributed by atoms with E-state index in [1.165, 1.54) is 19.3 Å². The average Bonchev–Trinajstić information content (AvgIpc) is 3.35. The summed E-state index contributed by atoms with van der Waals surface area (Å²) in [6, 6.07) is 2.78. The highest BCUT2D eigenvalue weighted by Gasteiger charge is 2.34. The van der Waals surface area contributed by atoms with E-state index in [2.05, 4.69) is 20.8 Å². The first-order valence-electron chi connectivity index (χ1n) is 11.7. The van der Waals surface area contributed by atoms with Gasteiger partial charge < -0.3 is 19.8 Å². The van der Waals surface area contributed by atoms with Crippen molar-refractivity contribution in [3.05, 3.63) is 69.4 Å². The highest BCUT2D eigenvalue weighted by Crippen LogP contribution is 2.39. The number of carbonyl (C=O) groups excluding carboxylic acids is 2. The average molecular weight is 517 g/mol. The molecule has 2 aromatic rings. The van der Waals surface area contributed by atoms with Crippen LogP contribution in [-0.2, 0) is 9.53 Å². The Balaban J connectivity index is 1.37. The van der Waals surface area contributed by atoms with Crippen LogP contribution in [-0.4, -0.2) is 34.1 Å². The molecule has 0 spiro atoms. The standard InChI is InChI=1S/C24H25F2N5O6/c1-36-21(32)10-13-2-4-14(5-3-13)15-6-9-19(20(11-15)31(34)35)28-22(33)23-29-30-24(37-23)27-16-7-8-17(25)18(26)12-16/h6-9,12-15H,2-5,10-11H2,1H3,(H,27,30)(H,28,33). The van der Waals surface area contributed by atoms with Crippen molar-refractivity contribution >= 4 is 23.6 Å². The van der Waals surface area contributed by atoms with Crippen LogP contribution in [0.25, 0.3) is 0 Å². The molecule has 0 saturated heterocycles. The highest BCUT2D eigenvalue weighted by atomic mass is 19.2. The first-order chi connectivity index (χ1) is 17.7. The molecule has 1 heterocycles. The minimum atomic E-state index is -1.08. The third-order valence-electron chi connectivity index (χ3n) is 6.69. The van der Waals surface area contributed by atoms with Crippen LogP contribution in [0.1, 0.15) is 49.2 Å². The van der Waals surface area contributed by atoms with Crippen molar-refractivity contribution in [2.24, 2.45) is 17.8 Å². The predicted molar refractivity (Wildman–Crippen MR) is 125 cm³/mol. The summed E-state index contributed by atoms with van der Waals surface area (Å²) in [6.07, 6.45) is 7.30. The summed E-state index contributed by atoms with van der Waals surface area (Å²) in [5, 5.41) is 24.0. The number of nitro groups is 1. The van der Waals surface area contributed by atoms with E-state index in [9.17, 15) is 28.5 Å². The molecule has 1 aromatic heterocycles. The molecule has 196 valence electrons. The fourth-order valence-corrected chi connectivity index (χ4v) is 4.71. The maximum absolute atomic E-state index is 13.4. The molecule has 2 aliphatic rings. The van der Waals surface area contributed by atoms with Gasteiger partial charge in [-0.3, -0.25) is 19.7 Å². The first-order valence-corrected chi connectivity index (χ1v) is 11.7. The minimum Gasteiger partial charge on any atom is -0.469 e. The maximum atomic E-state index is 13.4. The monoisotopic (exact) mass is 517 g/mol. The molecule has 0 bridgehead atoms. The number of methoxy groups -OCH3 is 1. The smallest absolute Gasteiger partial charge is 0.320 e. The van der Waals surface area contributed by atoms with Gasteiger partial charge in [0.25, 0.3) is 5.70 Å². The molecule has 13 heteroatoms. The number of allylic oxidation sites excluding steroid dienone is 3. The number of hydrogen-bond acceptors (Lipinski definition) is 9. The number of halogens is 2. The highest BCUT2D eigenvalue weighted by molar-refractivity contribution is 5.91. The van der Waals surface area contributed by atoms with E-state index < -0.39 is 28.4 Å². The van der Waals surface area contributed by atoms with Crippen LogP contribution in [0.4, 0.5) is 20.5 Å². The lowest BCUT2D eigenvalue weighted by molar-refractivity contribution is -0.430. The van der Waals surface area contributed by atoms with Crippen LogP contribution in [0.3, 0.4) is 0 Å². The fourth-order valence-electron chi connectivity index (χ4n) is 4.71. The molecular formula is C24H25F2N5O6. The summed E-state index contributed by atoms with van der Waals surface area (Å²) in [5.74, 6) is -3.24. The Morgan fingerprint density at radius 2 is 1.95 bits per heavy atom. The minimum absolute atomic E-state index is 0.0268. The number of benzene rings is 1. The van der Waals surface area contributed by atoms with Crippen LogP contribution in [0.5, 0.6) is 0 Å². The van der Waals surface area contributed by atoms with Crippen molar-refractivity contribution in [2.75, 3.05) is 12.4 Å². The lowest BCUT2D eigenvalue weighted by Crippen LogP contribution is -2.29. The van der Waals surface area contributed by atoms with Crippen LogP contribution < -0.4 is 10.6 Å². The van der Waals surface area contributed by atoms with E-state index in [1.807, 2.05) is 6.08 Å². The van der Waals surface area contributed by atoms with Gasteiger partial charge in [0.1, 0.15) is 5.70 Å². The van der Waals surface area contributed by atoms with Crippen LogP contribution in [0, 0.1) is 39.5 Å². The zero-order valence-corrected chi connectivity index (χ0v) is 19.9. The van der Waals surface area contributed by atoms with Gasteiger partial charge in [0.2, 0.25) is 0 Å². The van der Waals surface area contributed by atoms with Crippen molar-refractivity contribution in [3.63, 3.8) is 0 Å². The van der Waals surface area contributed by atoms with Gasteiger partial charge in [0.15, 0.2) is 11.6 Å². The van der Waals surface area contributed by atoms with Gasteiger partial charge in [0, 0.05) is 24.6 Å². The molecule has 11 nitrogen and oxygen atoms in total. The predicted octanol–water partition coefficient (Wildman–Crippen LogP) is 4.26. The van der Waals surface area contributed by atoms with Gasteiger partial charge in [-0.05, 0) is 61.6 Å². The molecular weight excluding hydrogens is 492 g/mol. The van der Waals surface area contributed by atoms with Crippen LogP contribution in [0.15, 0.2) is 46.2 Å². The van der Waals surface area contributed by atoms with Gasteiger partial charge in [-0.2, -0.15) is 0 Å². The lowest BCUT2D eigenvalue weighted by Gasteiger charge is -2.33. The van der Waals surface area contributed by atoms with Gasteiger partial charge in [-0.15, -0.1) is 5.10 Å². The summed E-state index contributed by atoms with van der Waals surface area (Å²) >= 11 is 0. The molecule has 1 aromatic carbocycles. The van der Waals surface area contributed by atoms with E-state index in [0.717, 1.165) is 37.8 Å². The number of rotatable bonds is 8. The van der Waals surface area contributed by atoms with E-state index in [1.54, 1.807) is 0 Å². The van der Waals surface area contributed by atoms with Crippen molar-refractivity contribution < 1.29 is 32.4 Å². The molecule has 1 unspecified atom stereocenters. The molecule has 37 heavy (non-hydrogen) atoms. The second kappa shape index (κ2) is 11.3. The molecule has 2 N–H and O–H groups in total. The number of anilines is 2. The number of amides is 1. The van der Waals surface area contributed by atoms with Crippen LogP contribution >= 0.6 is 0 Å². The van der Waals surface area contributed by atoms with E-state index in [0.29, 0.717) is 6.42 Å². The fraction of sp³-hybridized carbons (Fsp3) is 0.417. The van der Waals surface area contributed by atoms with Gasteiger partial charge in [-0.1, -0.05) is 11.2 Å². The second-order valence-corrected chi connectivity index (χ2v) is 9.03. The number of ether oxygens (including phenoxy) is 1. The molecule has 1 amide bonds. The number of hydrogen-bond donors (Lipinski definition) is 2. The molecule has 1 atom stereocenters. The Hall–Kier alpha value is -4.16. The zero-order chi connectivity index (χ0) is 26.5. The van der Waals surface area contributed by atoms with Crippen molar-refractivity contribution in [1.82, 2.24) is 15.5 Å². The Bertz CT molecular complexity index is 1250. The van der Waals surface area contributed by atoms with Gasteiger partial charge in [0.05, 0.1) is 12.0 Å². The summed E-state index contributed by atoms with van der Waals surface area (Å²) < 4.78 is 36.4. The molecule has 0 radical (unpaired) electrons. The number of aromatic nitrogens is 2. The summed E-state index contributed by atoms with van der Waals surface area (Å²) in [6.45, 7) is 0. The number of carbonyl (C=O) groups is 2. The quantitative estimate of drug-likeness (QED) is 0.297. The molecule has 2 aliphatic carbocycles. The van der Waals surface area contributed by atoms with Crippen molar-refractivity contribution in [2.45, 2.75) is 38.5 Å². The Morgan fingerprint density at radius 1 is 1.19 bits per heavy atom. The van der Waals surface area contributed by atoms with E-state index >= 15 is 0 Å². The molecule has 1 fully saturated rings. The lowest BCUT2D eigenvalue weighted by atomic mass is 9.72. The van der Waals surface area contributed by atoms with E-state index in [-0.39, 0.29) is 53.2 Å². The van der Waals surface area contributed by atoms with Crippen LogP contribution in [0.2, 0.25) is 0 Å². The summed E-state index contributed by atoms with van der Waals surface area (Å²) in [7, 11) is 1.37. The summed E-state index contributed by atoms with van der Waals surface area (Å²) in [4.78, 5) is 35.4. The maximum Gasteiger partial charge on any atom is 0.320 e. The number of esters is 1. The SMILES string of the molecule is COC(=O)CC1CCC(C2C=CC(NC(=O)c3nnc(Nc4ccc(F)c(F)c4)o3)=C([N+](=O)[O-])C2)CC1. The van der Waals surface area contributed by atoms with Gasteiger partial charge in [-0.25, -0.2) is 8.78 Å². The second-order valence-electron chi connectivity index (χ2n) is 9.03. The first kappa shape index (κ1) is 25.9. The molecule has 4 rings (SSSR count). The molecule has 1 saturated carbocycles. The largest absolute Gasteiger partial charge is 0.469 e. The number of nitrogens with zero attached hydrogens (tertiary/aromatic N) is 3. The zero-order valence-electron chi connectivity index (χ0n) is 19.9. The summed E-state index contributed by atoms with van der Waals surface area (Å²) in [5.41, 5.74) is 0.0181. The Morgan fingerprint density at radius 3 is 2.62 bits per heavy atom. The normalized spacial score (nSPS) is 21.4. The third kappa shape index (κ3) is 6.35. The number of nitrogens with one attached hydrogen (secondary N) is 2. The van der Waals surface area contributed by atoms with Crippen molar-refractivity contribution in [1.29, 1.82) is 0 Å². The Labute approximate surface area is 210 Å².